The first-order chi connectivity index (χ1) is 26.1. The predicted octanol–water partition coefficient (Wildman–Crippen LogP) is 5.16. The smallest absolute Gasteiger partial charge is 0.224 e. The monoisotopic (exact) mass is 746 g/mol. The zero-order valence-electron chi connectivity index (χ0n) is 32.6. The van der Waals surface area contributed by atoms with E-state index in [2.05, 4.69) is 17.6 Å². The fourth-order valence-electron chi connectivity index (χ4n) is 6.74. The van der Waals surface area contributed by atoms with Crippen LogP contribution in [0.25, 0.3) is 11.1 Å². The number of hydrogen-bond acceptors (Lipinski definition) is 10. The molecule has 3 atom stereocenters. The highest BCUT2D eigenvalue weighted by atomic mass is 16.5. The largest absolute Gasteiger partial charge is 0.492 e. The molecule has 6 N–H and O–H groups in total. The van der Waals surface area contributed by atoms with Gasteiger partial charge in [0.2, 0.25) is 11.8 Å². The molecule has 1 heterocycles. The van der Waals surface area contributed by atoms with Crippen LogP contribution in [-0.2, 0) is 25.6 Å². The van der Waals surface area contributed by atoms with E-state index >= 15 is 0 Å². The molecule has 2 aromatic carbocycles. The van der Waals surface area contributed by atoms with E-state index in [1.807, 2.05) is 24.3 Å². The molecular formula is C42H62N6O6. The summed E-state index contributed by atoms with van der Waals surface area (Å²) < 4.78 is 12.2. The Morgan fingerprint density at radius 3 is 2.17 bits per heavy atom. The van der Waals surface area contributed by atoms with Crippen LogP contribution >= 0.6 is 0 Å². The van der Waals surface area contributed by atoms with Crippen molar-refractivity contribution in [2.75, 3.05) is 46.4 Å². The zero-order chi connectivity index (χ0) is 39.3. The van der Waals surface area contributed by atoms with E-state index < -0.39 is 23.9 Å². The number of ether oxygens (including phenoxy) is 2. The first-order valence-electron chi connectivity index (χ1n) is 19.8. The topological polar surface area (TPSA) is 190 Å². The lowest BCUT2D eigenvalue weighted by Gasteiger charge is -2.30. The number of nitrogens with one attached hydrogen (secondary N) is 2. The molecule has 0 aromatic heterocycles. The van der Waals surface area contributed by atoms with Crippen LogP contribution in [0.2, 0.25) is 0 Å². The second-order valence-electron chi connectivity index (χ2n) is 14.2. The minimum Gasteiger partial charge on any atom is -0.492 e. The molecule has 1 aliphatic rings. The maximum Gasteiger partial charge on any atom is 0.224 e. The van der Waals surface area contributed by atoms with Gasteiger partial charge in [-0.2, -0.15) is 5.26 Å². The SMILES string of the molecule is CCCCCCCCCCNCCC(=O)N(C)C1C(=O)CC(C)C(=O)NC(C(=O)CCC#N)Cc2ccc(OCCN)c(c2)-c2cc1ccc2OCCN. The van der Waals surface area contributed by atoms with Crippen LogP contribution in [0, 0.1) is 17.2 Å². The number of Topliss-reactive ketones (excluding diaryl/α,β-unsaturated/α-hetero) is 2. The molecular weight excluding hydrogens is 684 g/mol. The van der Waals surface area contributed by atoms with Crippen molar-refractivity contribution in [2.24, 2.45) is 17.4 Å². The first kappa shape index (κ1) is 44.1. The van der Waals surface area contributed by atoms with Crippen molar-refractivity contribution >= 4 is 23.4 Å². The van der Waals surface area contributed by atoms with Gasteiger partial charge in [0.25, 0.3) is 0 Å². The fourth-order valence-corrected chi connectivity index (χ4v) is 6.74. The van der Waals surface area contributed by atoms with Gasteiger partial charge in [-0.15, -0.1) is 0 Å². The van der Waals surface area contributed by atoms with Crippen molar-refractivity contribution in [2.45, 2.75) is 109 Å². The lowest BCUT2D eigenvalue weighted by atomic mass is 9.89. The number of fused-ring (bicyclic) bond motifs is 5. The van der Waals surface area contributed by atoms with Crippen LogP contribution in [0.5, 0.6) is 11.5 Å². The zero-order valence-corrected chi connectivity index (χ0v) is 32.6. The van der Waals surface area contributed by atoms with E-state index in [1.54, 1.807) is 32.2 Å². The molecule has 12 heteroatoms. The van der Waals surface area contributed by atoms with E-state index in [-0.39, 0.29) is 75.9 Å². The molecule has 0 saturated carbocycles. The second-order valence-corrected chi connectivity index (χ2v) is 14.2. The Bertz CT molecular complexity index is 1560. The van der Waals surface area contributed by atoms with Gasteiger partial charge in [0, 0.05) is 69.4 Å². The van der Waals surface area contributed by atoms with Gasteiger partial charge in [0.15, 0.2) is 11.6 Å². The summed E-state index contributed by atoms with van der Waals surface area (Å²) in [6, 6.07) is 10.9. The van der Waals surface area contributed by atoms with Crippen LogP contribution in [0.15, 0.2) is 36.4 Å². The van der Waals surface area contributed by atoms with E-state index in [0.29, 0.717) is 34.7 Å². The van der Waals surface area contributed by atoms with Crippen LogP contribution in [0.1, 0.15) is 108 Å². The summed E-state index contributed by atoms with van der Waals surface area (Å²) >= 11 is 0. The molecule has 0 radical (unpaired) electrons. The molecule has 3 unspecified atom stereocenters. The number of nitrogens with zero attached hydrogens (tertiary/aromatic N) is 2. The number of nitrogens with two attached hydrogens (primary N) is 2. The maximum absolute atomic E-state index is 14.3. The molecule has 0 fully saturated rings. The summed E-state index contributed by atoms with van der Waals surface area (Å²) in [6.45, 7) is 6.17. The van der Waals surface area contributed by atoms with E-state index in [4.69, 9.17) is 26.2 Å². The minimum atomic E-state index is -1.00. The molecule has 12 nitrogen and oxygen atoms in total. The molecule has 4 bridgehead atoms. The number of hydrogen-bond donors (Lipinski definition) is 4. The number of carbonyl (C=O) groups excluding carboxylic acids is 4. The molecule has 2 amide bonds. The summed E-state index contributed by atoms with van der Waals surface area (Å²) in [5.41, 5.74) is 14.1. The molecule has 0 spiro atoms. The minimum absolute atomic E-state index is 0.0156. The predicted molar refractivity (Wildman–Crippen MR) is 211 cm³/mol. The number of unbranched alkanes of at least 4 members (excludes halogenated alkanes) is 7. The summed E-state index contributed by atoms with van der Waals surface area (Å²) in [6.07, 6.45) is 9.99. The third kappa shape index (κ3) is 13.8. The molecule has 0 aliphatic carbocycles. The van der Waals surface area contributed by atoms with Gasteiger partial charge in [-0.1, -0.05) is 70.9 Å². The third-order valence-corrected chi connectivity index (χ3v) is 9.80. The molecule has 2 aromatic rings. The van der Waals surface area contributed by atoms with Crippen molar-refractivity contribution in [3.05, 3.63) is 47.5 Å². The fraction of sp³-hybridized carbons (Fsp3) is 0.595. The van der Waals surface area contributed by atoms with Crippen molar-refractivity contribution in [3.63, 3.8) is 0 Å². The molecule has 0 saturated heterocycles. The second kappa shape index (κ2) is 24.2. The molecule has 54 heavy (non-hydrogen) atoms. The highest BCUT2D eigenvalue weighted by molar-refractivity contribution is 5.95. The van der Waals surface area contributed by atoms with Gasteiger partial charge in [-0.25, -0.2) is 0 Å². The Morgan fingerprint density at radius 2 is 1.52 bits per heavy atom. The van der Waals surface area contributed by atoms with Gasteiger partial charge >= 0.3 is 0 Å². The summed E-state index contributed by atoms with van der Waals surface area (Å²) in [5.74, 6) is -1.06. The Balaban J connectivity index is 1.97. The van der Waals surface area contributed by atoms with Crippen molar-refractivity contribution in [3.8, 4) is 28.7 Å². The number of ketones is 2. The number of benzene rings is 2. The standard InChI is InChI=1S/C42H62N6O6/c1-4-5-6-7-8-9-10-11-22-46-23-18-40(51)48(3)41-32-15-17-39(54-25-21-45)34(29-32)33-27-31(14-16-38(33)53-24-20-44)28-35(36(49)13-12-19-43)47-42(52)30(2)26-37(41)50/h14-17,27,29-30,35,41,46H,4-13,18,20-26,28,44-45H2,1-3H3,(H,47,52). The quantitative estimate of drug-likeness (QED) is 0.117. The van der Waals surface area contributed by atoms with Crippen LogP contribution in [0.4, 0.5) is 0 Å². The number of likely N-dealkylation sites (N-methyl/N-ethyl adjacent to an activating group) is 1. The normalized spacial score (nSPS) is 17.2. The van der Waals surface area contributed by atoms with Gasteiger partial charge < -0.3 is 36.5 Å². The lowest BCUT2D eigenvalue weighted by Crippen LogP contribution is -2.45. The summed E-state index contributed by atoms with van der Waals surface area (Å²) in [4.78, 5) is 56.3. The van der Waals surface area contributed by atoms with Crippen molar-refractivity contribution in [1.82, 2.24) is 15.5 Å². The van der Waals surface area contributed by atoms with Crippen molar-refractivity contribution in [1.29, 1.82) is 5.26 Å². The number of carbonyl (C=O) groups is 4. The summed E-state index contributed by atoms with van der Waals surface area (Å²) in [5, 5.41) is 15.4. The third-order valence-electron chi connectivity index (χ3n) is 9.80. The lowest BCUT2D eigenvalue weighted by molar-refractivity contribution is -0.139. The van der Waals surface area contributed by atoms with Crippen LogP contribution < -0.4 is 31.6 Å². The first-order valence-corrected chi connectivity index (χ1v) is 19.8. The average molecular weight is 747 g/mol. The van der Waals surface area contributed by atoms with E-state index in [1.165, 1.54) is 43.4 Å². The van der Waals surface area contributed by atoms with Crippen molar-refractivity contribution < 1.29 is 28.7 Å². The van der Waals surface area contributed by atoms with Gasteiger partial charge in [-0.3, -0.25) is 19.2 Å². The van der Waals surface area contributed by atoms with Gasteiger partial charge in [0.05, 0.1) is 12.1 Å². The Kier molecular flexibility index (Phi) is 19.7. The molecule has 296 valence electrons. The Hall–Kier alpha value is -4.31. The molecule has 3 rings (SSSR count). The number of amides is 2. The van der Waals surface area contributed by atoms with Gasteiger partial charge in [0.1, 0.15) is 30.8 Å². The Morgan fingerprint density at radius 1 is 0.889 bits per heavy atom. The summed E-state index contributed by atoms with van der Waals surface area (Å²) in [7, 11) is 1.62. The van der Waals surface area contributed by atoms with Crippen LogP contribution in [-0.4, -0.2) is 80.8 Å². The number of rotatable bonds is 22. The highest BCUT2D eigenvalue weighted by Crippen LogP contribution is 2.40. The van der Waals surface area contributed by atoms with E-state index in [9.17, 15) is 19.2 Å². The highest BCUT2D eigenvalue weighted by Gasteiger charge is 2.33. The average Bonchev–Trinajstić information content (AvgIpc) is 3.17. The van der Waals surface area contributed by atoms with Gasteiger partial charge in [-0.05, 0) is 54.8 Å². The van der Waals surface area contributed by atoms with Crippen LogP contribution in [0.3, 0.4) is 0 Å². The number of nitriles is 1. The van der Waals surface area contributed by atoms with E-state index in [0.717, 1.165) is 24.9 Å². The Labute approximate surface area is 321 Å². The molecule has 1 aliphatic heterocycles. The maximum atomic E-state index is 14.3.